The first-order valence-electron chi connectivity index (χ1n) is 6.54. The van der Waals surface area contributed by atoms with E-state index >= 15 is 0 Å². The van der Waals surface area contributed by atoms with E-state index < -0.39 is 5.97 Å². The standard InChI is InChI=1S/C12H20N4O2S/c1-7-3-4-9(8(2)5-7)16-11(13)14-15-12(16)19-6-10(17)18/h7-9H,3-6H2,1-2H3,(H2,13,14)(H,17,18). The fourth-order valence-corrected chi connectivity index (χ4v) is 3.58. The lowest BCUT2D eigenvalue weighted by Crippen LogP contribution is -2.26. The SMILES string of the molecule is CC1CCC(n2c(N)nnc2SCC(=O)O)C(C)C1. The molecule has 1 aliphatic carbocycles. The molecule has 106 valence electrons. The molecule has 0 amide bonds. The summed E-state index contributed by atoms with van der Waals surface area (Å²) in [7, 11) is 0. The Balaban J connectivity index is 2.18. The van der Waals surface area contributed by atoms with Gasteiger partial charge in [-0.2, -0.15) is 0 Å². The molecule has 3 atom stereocenters. The highest BCUT2D eigenvalue weighted by Gasteiger charge is 2.30. The number of aliphatic carboxylic acids is 1. The zero-order chi connectivity index (χ0) is 14.0. The molecule has 0 saturated heterocycles. The molecule has 0 aromatic carbocycles. The maximum atomic E-state index is 10.7. The molecule has 1 fully saturated rings. The molecular formula is C12H20N4O2S. The van der Waals surface area contributed by atoms with Crippen LogP contribution in [-0.2, 0) is 4.79 Å². The summed E-state index contributed by atoms with van der Waals surface area (Å²) in [5.41, 5.74) is 5.90. The molecule has 0 bridgehead atoms. The monoisotopic (exact) mass is 284 g/mol. The molecule has 0 spiro atoms. The van der Waals surface area contributed by atoms with Gasteiger partial charge in [0.1, 0.15) is 0 Å². The number of carboxylic acids is 1. The van der Waals surface area contributed by atoms with Gasteiger partial charge in [0.15, 0.2) is 5.16 Å². The molecule has 0 aliphatic heterocycles. The lowest BCUT2D eigenvalue weighted by atomic mass is 9.80. The Bertz CT molecular complexity index is 463. The van der Waals surface area contributed by atoms with Gasteiger partial charge < -0.3 is 10.8 Å². The van der Waals surface area contributed by atoms with Crippen molar-refractivity contribution < 1.29 is 9.90 Å². The van der Waals surface area contributed by atoms with Gasteiger partial charge in [0.05, 0.1) is 5.75 Å². The molecule has 1 aliphatic rings. The Hall–Kier alpha value is -1.24. The van der Waals surface area contributed by atoms with Crippen LogP contribution in [0.1, 0.15) is 39.2 Å². The molecule has 1 aromatic rings. The fourth-order valence-electron chi connectivity index (χ4n) is 2.86. The number of aromatic nitrogens is 3. The second kappa shape index (κ2) is 5.81. The van der Waals surface area contributed by atoms with Gasteiger partial charge in [0, 0.05) is 6.04 Å². The van der Waals surface area contributed by atoms with Crippen molar-refractivity contribution in [2.24, 2.45) is 11.8 Å². The smallest absolute Gasteiger partial charge is 0.313 e. The van der Waals surface area contributed by atoms with Crippen molar-refractivity contribution >= 4 is 23.7 Å². The average molecular weight is 284 g/mol. The van der Waals surface area contributed by atoms with E-state index in [1.54, 1.807) is 0 Å². The Morgan fingerprint density at radius 2 is 2.21 bits per heavy atom. The molecule has 19 heavy (non-hydrogen) atoms. The van der Waals surface area contributed by atoms with Crippen molar-refractivity contribution in [3.05, 3.63) is 0 Å². The summed E-state index contributed by atoms with van der Waals surface area (Å²) in [6.45, 7) is 4.48. The third-order valence-corrected chi connectivity index (χ3v) is 4.66. The third-order valence-electron chi connectivity index (χ3n) is 3.73. The molecule has 7 heteroatoms. The van der Waals surface area contributed by atoms with Gasteiger partial charge in [0.2, 0.25) is 5.95 Å². The maximum absolute atomic E-state index is 10.7. The number of hydrogen-bond acceptors (Lipinski definition) is 5. The minimum absolute atomic E-state index is 0.0182. The van der Waals surface area contributed by atoms with Gasteiger partial charge in [0.25, 0.3) is 0 Å². The van der Waals surface area contributed by atoms with Crippen LogP contribution < -0.4 is 5.73 Å². The first kappa shape index (κ1) is 14.2. The second-order valence-electron chi connectivity index (χ2n) is 5.36. The van der Waals surface area contributed by atoms with Crippen molar-refractivity contribution in [3.8, 4) is 0 Å². The normalized spacial score (nSPS) is 27.4. The zero-order valence-electron chi connectivity index (χ0n) is 11.2. The summed E-state index contributed by atoms with van der Waals surface area (Å²) in [6.07, 6.45) is 3.37. The van der Waals surface area contributed by atoms with E-state index in [0.717, 1.165) is 25.2 Å². The number of hydrogen-bond donors (Lipinski definition) is 2. The van der Waals surface area contributed by atoms with Crippen LogP contribution in [0.2, 0.25) is 0 Å². The van der Waals surface area contributed by atoms with Gasteiger partial charge in [-0.1, -0.05) is 25.6 Å². The van der Waals surface area contributed by atoms with Crippen LogP contribution >= 0.6 is 11.8 Å². The summed E-state index contributed by atoms with van der Waals surface area (Å²) < 4.78 is 1.92. The molecular weight excluding hydrogens is 264 g/mol. The van der Waals surface area contributed by atoms with Crippen LogP contribution in [0, 0.1) is 11.8 Å². The number of anilines is 1. The van der Waals surface area contributed by atoms with Gasteiger partial charge in [-0.25, -0.2) is 0 Å². The number of carbonyl (C=O) groups is 1. The Morgan fingerprint density at radius 3 is 2.84 bits per heavy atom. The number of carboxylic acid groups (broad SMARTS) is 1. The summed E-state index contributed by atoms with van der Waals surface area (Å²) in [4.78, 5) is 10.7. The number of nitrogens with two attached hydrogens (primary N) is 1. The Labute approximate surface area is 116 Å². The minimum Gasteiger partial charge on any atom is -0.481 e. The van der Waals surface area contributed by atoms with Crippen LogP contribution in [0.3, 0.4) is 0 Å². The first-order chi connectivity index (χ1) is 8.99. The van der Waals surface area contributed by atoms with E-state index in [9.17, 15) is 4.79 Å². The lowest BCUT2D eigenvalue weighted by Gasteiger charge is -2.34. The topological polar surface area (TPSA) is 94.0 Å². The van der Waals surface area contributed by atoms with Gasteiger partial charge in [-0.15, -0.1) is 10.2 Å². The third kappa shape index (κ3) is 3.20. The highest BCUT2D eigenvalue weighted by atomic mass is 32.2. The predicted molar refractivity (Wildman–Crippen MR) is 74.0 cm³/mol. The molecule has 1 heterocycles. The number of nitrogen functional groups attached to an aromatic ring is 1. The average Bonchev–Trinajstić information content (AvgIpc) is 2.68. The number of rotatable bonds is 4. The van der Waals surface area contributed by atoms with Crippen molar-refractivity contribution in [1.82, 2.24) is 14.8 Å². The highest BCUT2D eigenvalue weighted by Crippen LogP contribution is 2.39. The largest absolute Gasteiger partial charge is 0.481 e. The van der Waals surface area contributed by atoms with E-state index in [4.69, 9.17) is 10.8 Å². The minimum atomic E-state index is -0.858. The van der Waals surface area contributed by atoms with Crippen LogP contribution in [-0.4, -0.2) is 31.6 Å². The van der Waals surface area contributed by atoms with E-state index in [2.05, 4.69) is 24.0 Å². The van der Waals surface area contributed by atoms with Gasteiger partial charge >= 0.3 is 5.97 Å². The van der Waals surface area contributed by atoms with Crippen molar-refractivity contribution in [2.45, 2.75) is 44.3 Å². The lowest BCUT2D eigenvalue weighted by molar-refractivity contribution is -0.133. The van der Waals surface area contributed by atoms with E-state index in [1.807, 2.05) is 4.57 Å². The molecule has 6 nitrogen and oxygen atoms in total. The van der Waals surface area contributed by atoms with Crippen LogP contribution in [0.25, 0.3) is 0 Å². The number of thioether (sulfide) groups is 1. The molecule has 1 saturated carbocycles. The molecule has 2 rings (SSSR count). The zero-order valence-corrected chi connectivity index (χ0v) is 12.1. The predicted octanol–water partition coefficient (Wildman–Crippen LogP) is 2.03. The number of nitrogens with zero attached hydrogens (tertiary/aromatic N) is 3. The van der Waals surface area contributed by atoms with Crippen LogP contribution in [0.5, 0.6) is 0 Å². The van der Waals surface area contributed by atoms with Crippen molar-refractivity contribution in [1.29, 1.82) is 0 Å². The quantitative estimate of drug-likeness (QED) is 0.822. The van der Waals surface area contributed by atoms with Crippen molar-refractivity contribution in [3.63, 3.8) is 0 Å². The maximum Gasteiger partial charge on any atom is 0.313 e. The first-order valence-corrected chi connectivity index (χ1v) is 7.52. The summed E-state index contributed by atoms with van der Waals surface area (Å²) in [5.74, 6) is 0.753. The van der Waals surface area contributed by atoms with Gasteiger partial charge in [-0.05, 0) is 31.1 Å². The second-order valence-corrected chi connectivity index (χ2v) is 6.30. The fraction of sp³-hybridized carbons (Fsp3) is 0.750. The van der Waals surface area contributed by atoms with E-state index in [0.29, 0.717) is 17.0 Å². The molecule has 1 aromatic heterocycles. The van der Waals surface area contributed by atoms with Crippen molar-refractivity contribution in [2.75, 3.05) is 11.5 Å². The summed E-state index contributed by atoms with van der Waals surface area (Å²) >= 11 is 1.18. The molecule has 0 radical (unpaired) electrons. The molecule has 3 unspecified atom stereocenters. The Morgan fingerprint density at radius 1 is 1.47 bits per heavy atom. The molecule has 3 N–H and O–H groups in total. The van der Waals surface area contributed by atoms with E-state index in [-0.39, 0.29) is 11.8 Å². The van der Waals surface area contributed by atoms with Crippen LogP contribution in [0.4, 0.5) is 5.95 Å². The highest BCUT2D eigenvalue weighted by molar-refractivity contribution is 7.99. The van der Waals surface area contributed by atoms with Crippen LogP contribution in [0.15, 0.2) is 5.16 Å². The van der Waals surface area contributed by atoms with E-state index in [1.165, 1.54) is 11.8 Å². The summed E-state index contributed by atoms with van der Waals surface area (Å²) in [5, 5.41) is 17.3. The Kier molecular flexibility index (Phi) is 4.34. The van der Waals surface area contributed by atoms with Gasteiger partial charge in [-0.3, -0.25) is 9.36 Å². The summed E-state index contributed by atoms with van der Waals surface area (Å²) in [6, 6.07) is 0.280.